The standard InChI is InChI=1S/C22H19N5O2/c23-20(28)17-8-24-22(25-9-17)27-12-18-10-26(11-19(18)13-27)21(29)16-6-5-14-3-1-2-4-15(14)7-16/h1-10,19H,11-13H2,(H2,23,28). The number of nitrogens with two attached hydrogens (primary N) is 1. The lowest BCUT2D eigenvalue weighted by molar-refractivity contribution is 0.0824. The highest BCUT2D eigenvalue weighted by molar-refractivity contribution is 5.99. The van der Waals surface area contributed by atoms with Crippen molar-refractivity contribution in [2.24, 2.45) is 11.7 Å². The van der Waals surface area contributed by atoms with Crippen LogP contribution >= 0.6 is 0 Å². The highest BCUT2D eigenvalue weighted by Crippen LogP contribution is 2.32. The lowest BCUT2D eigenvalue weighted by Crippen LogP contribution is -2.30. The van der Waals surface area contributed by atoms with Crippen LogP contribution in [0, 0.1) is 5.92 Å². The third-order valence-electron chi connectivity index (χ3n) is 5.54. The summed E-state index contributed by atoms with van der Waals surface area (Å²) in [6.45, 7) is 2.06. The monoisotopic (exact) mass is 385 g/mol. The molecule has 2 aliphatic heterocycles. The molecule has 0 spiro atoms. The predicted molar refractivity (Wildman–Crippen MR) is 109 cm³/mol. The van der Waals surface area contributed by atoms with Gasteiger partial charge in [0.1, 0.15) is 0 Å². The molecular weight excluding hydrogens is 366 g/mol. The second-order valence-corrected chi connectivity index (χ2v) is 7.44. The Morgan fingerprint density at radius 3 is 2.45 bits per heavy atom. The number of carbonyl (C=O) groups is 2. The summed E-state index contributed by atoms with van der Waals surface area (Å²) in [7, 11) is 0. The first-order valence-corrected chi connectivity index (χ1v) is 9.45. The van der Waals surface area contributed by atoms with Crippen LogP contribution in [0.4, 0.5) is 5.95 Å². The maximum absolute atomic E-state index is 13.0. The average Bonchev–Trinajstić information content (AvgIpc) is 3.32. The van der Waals surface area contributed by atoms with E-state index in [2.05, 4.69) is 14.9 Å². The van der Waals surface area contributed by atoms with Crippen LogP contribution < -0.4 is 10.6 Å². The molecule has 3 heterocycles. The third kappa shape index (κ3) is 3.10. The van der Waals surface area contributed by atoms with Gasteiger partial charge in [0.25, 0.3) is 11.8 Å². The van der Waals surface area contributed by atoms with Crippen molar-refractivity contribution in [2.45, 2.75) is 0 Å². The number of carbonyl (C=O) groups excluding carboxylic acids is 2. The number of hydrogen-bond acceptors (Lipinski definition) is 5. The minimum atomic E-state index is -0.541. The van der Waals surface area contributed by atoms with E-state index in [1.165, 1.54) is 18.0 Å². The smallest absolute Gasteiger partial charge is 0.257 e. The van der Waals surface area contributed by atoms with E-state index >= 15 is 0 Å². The Balaban J connectivity index is 1.32. The predicted octanol–water partition coefficient (Wildman–Crippen LogP) is 2.20. The van der Waals surface area contributed by atoms with Crippen molar-refractivity contribution in [3.8, 4) is 0 Å². The van der Waals surface area contributed by atoms with Crippen LogP contribution in [0.15, 0.2) is 66.6 Å². The summed E-state index contributed by atoms with van der Waals surface area (Å²) in [5.74, 6) is 0.309. The molecule has 29 heavy (non-hydrogen) atoms. The molecule has 3 aromatic rings. The van der Waals surface area contributed by atoms with Gasteiger partial charge in [-0.2, -0.15) is 0 Å². The van der Waals surface area contributed by atoms with Crippen molar-refractivity contribution in [1.29, 1.82) is 0 Å². The Morgan fingerprint density at radius 2 is 1.72 bits per heavy atom. The van der Waals surface area contributed by atoms with Crippen LogP contribution in [0.5, 0.6) is 0 Å². The van der Waals surface area contributed by atoms with Crippen molar-refractivity contribution in [3.05, 3.63) is 77.8 Å². The van der Waals surface area contributed by atoms with Gasteiger partial charge in [-0.25, -0.2) is 9.97 Å². The zero-order chi connectivity index (χ0) is 20.0. The largest absolute Gasteiger partial charge is 0.366 e. The van der Waals surface area contributed by atoms with Gasteiger partial charge in [0.2, 0.25) is 5.95 Å². The van der Waals surface area contributed by atoms with E-state index in [4.69, 9.17) is 5.73 Å². The van der Waals surface area contributed by atoms with Gasteiger partial charge in [0.05, 0.1) is 5.56 Å². The van der Waals surface area contributed by atoms with Gasteiger partial charge < -0.3 is 15.5 Å². The van der Waals surface area contributed by atoms with Crippen molar-refractivity contribution in [1.82, 2.24) is 14.9 Å². The Morgan fingerprint density at radius 1 is 0.966 bits per heavy atom. The number of hydrogen-bond donors (Lipinski definition) is 1. The third-order valence-corrected chi connectivity index (χ3v) is 5.54. The van der Waals surface area contributed by atoms with E-state index in [0.29, 0.717) is 30.2 Å². The maximum atomic E-state index is 13.0. The second-order valence-electron chi connectivity index (χ2n) is 7.44. The Bertz CT molecular complexity index is 1160. The first-order valence-electron chi connectivity index (χ1n) is 9.45. The van der Waals surface area contributed by atoms with Crippen LogP contribution in [0.1, 0.15) is 20.7 Å². The molecule has 0 bridgehead atoms. The molecule has 1 atom stereocenters. The summed E-state index contributed by atoms with van der Waals surface area (Å²) in [6, 6.07) is 13.9. The van der Waals surface area contributed by atoms with Gasteiger partial charge in [0, 0.05) is 49.7 Å². The number of anilines is 1. The Hall–Kier alpha value is -3.74. The molecule has 1 fully saturated rings. The number of primary amides is 1. The molecule has 1 unspecified atom stereocenters. The van der Waals surface area contributed by atoms with E-state index in [1.54, 1.807) is 4.90 Å². The fourth-order valence-electron chi connectivity index (χ4n) is 4.00. The highest BCUT2D eigenvalue weighted by atomic mass is 16.2. The van der Waals surface area contributed by atoms with Crippen molar-refractivity contribution < 1.29 is 9.59 Å². The maximum Gasteiger partial charge on any atom is 0.257 e. The molecule has 0 radical (unpaired) electrons. The fourth-order valence-corrected chi connectivity index (χ4v) is 4.00. The molecule has 0 aliphatic carbocycles. The molecular formula is C22H19N5O2. The lowest BCUT2D eigenvalue weighted by Gasteiger charge is -2.20. The number of amides is 2. The SMILES string of the molecule is NC(=O)c1cnc(N2CC3=CN(C(=O)c4ccc5ccccc5c4)CC3C2)nc1. The average molecular weight is 385 g/mol. The molecule has 1 saturated heterocycles. The second kappa shape index (κ2) is 6.70. The van der Waals surface area contributed by atoms with E-state index in [0.717, 1.165) is 17.3 Å². The summed E-state index contributed by atoms with van der Waals surface area (Å²) >= 11 is 0. The zero-order valence-electron chi connectivity index (χ0n) is 15.7. The van der Waals surface area contributed by atoms with Gasteiger partial charge in [-0.3, -0.25) is 9.59 Å². The van der Waals surface area contributed by atoms with Crippen LogP contribution in [0.25, 0.3) is 10.8 Å². The molecule has 2 amide bonds. The summed E-state index contributed by atoms with van der Waals surface area (Å²) in [5.41, 5.74) is 7.42. The minimum absolute atomic E-state index is 0.0197. The molecule has 0 saturated carbocycles. The summed E-state index contributed by atoms with van der Waals surface area (Å²) in [4.78, 5) is 36.5. The van der Waals surface area contributed by atoms with Gasteiger partial charge >= 0.3 is 0 Å². The Kier molecular flexibility index (Phi) is 4.01. The lowest BCUT2D eigenvalue weighted by atomic mass is 10.1. The van der Waals surface area contributed by atoms with E-state index < -0.39 is 5.91 Å². The highest BCUT2D eigenvalue weighted by Gasteiger charge is 2.36. The van der Waals surface area contributed by atoms with E-state index in [9.17, 15) is 9.59 Å². The van der Waals surface area contributed by atoms with Crippen molar-refractivity contribution in [2.75, 3.05) is 24.5 Å². The van der Waals surface area contributed by atoms with E-state index in [-0.39, 0.29) is 11.8 Å². The molecule has 2 aromatic carbocycles. The zero-order valence-corrected chi connectivity index (χ0v) is 15.7. The Labute approximate surface area is 167 Å². The summed E-state index contributed by atoms with van der Waals surface area (Å²) in [6.07, 6.45) is 4.85. The number of fused-ring (bicyclic) bond motifs is 2. The van der Waals surface area contributed by atoms with Crippen LogP contribution in [-0.2, 0) is 0 Å². The van der Waals surface area contributed by atoms with Gasteiger partial charge in [0.15, 0.2) is 0 Å². The van der Waals surface area contributed by atoms with E-state index in [1.807, 2.05) is 48.7 Å². The molecule has 144 valence electrons. The molecule has 5 rings (SSSR count). The summed E-state index contributed by atoms with van der Waals surface area (Å²) in [5, 5.41) is 2.19. The molecule has 1 aromatic heterocycles. The normalized spacial score (nSPS) is 18.1. The number of benzene rings is 2. The fraction of sp³-hybridized carbons (Fsp3) is 0.182. The molecule has 7 heteroatoms. The quantitative estimate of drug-likeness (QED) is 0.746. The first kappa shape index (κ1) is 17.4. The number of aromatic nitrogens is 2. The first-order chi connectivity index (χ1) is 14.1. The van der Waals surface area contributed by atoms with Crippen LogP contribution in [0.2, 0.25) is 0 Å². The van der Waals surface area contributed by atoms with Gasteiger partial charge in [-0.1, -0.05) is 30.3 Å². The van der Waals surface area contributed by atoms with Crippen LogP contribution in [0.3, 0.4) is 0 Å². The minimum Gasteiger partial charge on any atom is -0.366 e. The topological polar surface area (TPSA) is 92.4 Å². The molecule has 7 nitrogen and oxygen atoms in total. The van der Waals surface area contributed by atoms with Gasteiger partial charge in [-0.05, 0) is 28.5 Å². The van der Waals surface area contributed by atoms with Crippen molar-refractivity contribution >= 4 is 28.5 Å². The van der Waals surface area contributed by atoms with Gasteiger partial charge in [-0.15, -0.1) is 0 Å². The number of nitrogens with zero attached hydrogens (tertiary/aromatic N) is 4. The number of rotatable bonds is 3. The van der Waals surface area contributed by atoms with Crippen LogP contribution in [-0.4, -0.2) is 46.3 Å². The molecule has 2 aliphatic rings. The van der Waals surface area contributed by atoms with Crippen molar-refractivity contribution in [3.63, 3.8) is 0 Å². The molecule has 2 N–H and O–H groups in total. The summed E-state index contributed by atoms with van der Waals surface area (Å²) < 4.78 is 0.